The Morgan fingerprint density at radius 1 is 1.14 bits per heavy atom. The Kier molecular flexibility index (Phi) is 5.50. The predicted octanol–water partition coefficient (Wildman–Crippen LogP) is 3.71. The number of ether oxygens (including phenoxy) is 1. The molecule has 3 atom stereocenters. The number of piperidine rings is 1. The van der Waals surface area contributed by atoms with Crippen molar-refractivity contribution in [3.63, 3.8) is 0 Å². The number of aromatic nitrogens is 4. The van der Waals surface area contributed by atoms with E-state index in [1.165, 1.54) is 15.8 Å². The first-order chi connectivity index (χ1) is 16.8. The number of benzene rings is 1. The highest BCUT2D eigenvalue weighted by atomic mass is 19.3. The Morgan fingerprint density at radius 2 is 1.91 bits per heavy atom. The minimum Gasteiger partial charge on any atom is -0.389 e. The van der Waals surface area contributed by atoms with Crippen LogP contribution in [0.15, 0.2) is 24.5 Å². The first kappa shape index (κ1) is 22.8. The first-order valence-corrected chi connectivity index (χ1v) is 12.3. The summed E-state index contributed by atoms with van der Waals surface area (Å²) in [4.78, 5) is 11.5. The van der Waals surface area contributed by atoms with Crippen LogP contribution in [-0.2, 0) is 4.74 Å². The van der Waals surface area contributed by atoms with Gasteiger partial charge in [-0.05, 0) is 69.0 Å². The summed E-state index contributed by atoms with van der Waals surface area (Å²) in [6.45, 7) is 6.82. The van der Waals surface area contributed by atoms with E-state index in [4.69, 9.17) is 9.72 Å². The zero-order valence-electron chi connectivity index (χ0n) is 19.9. The average Bonchev–Trinajstić information content (AvgIpc) is 3.11. The molecule has 186 valence electrons. The van der Waals surface area contributed by atoms with Gasteiger partial charge in [0.1, 0.15) is 6.04 Å². The third-order valence-corrected chi connectivity index (χ3v) is 7.81. The van der Waals surface area contributed by atoms with Crippen molar-refractivity contribution in [2.45, 2.75) is 63.1 Å². The van der Waals surface area contributed by atoms with Crippen molar-refractivity contribution < 1.29 is 18.6 Å². The van der Waals surface area contributed by atoms with Crippen molar-refractivity contribution in [3.8, 4) is 0 Å². The molecular formula is C25H30F2N6O2. The number of fused-ring (bicyclic) bond motifs is 1. The van der Waals surface area contributed by atoms with Crippen LogP contribution in [0, 0.1) is 13.8 Å². The maximum atomic E-state index is 13.5. The van der Waals surface area contributed by atoms with Crippen LogP contribution in [0.2, 0.25) is 0 Å². The van der Waals surface area contributed by atoms with E-state index >= 15 is 0 Å². The molecule has 4 heterocycles. The third kappa shape index (κ3) is 4.17. The van der Waals surface area contributed by atoms with Crippen molar-refractivity contribution in [1.82, 2.24) is 24.6 Å². The van der Waals surface area contributed by atoms with Crippen LogP contribution in [0.4, 0.5) is 20.4 Å². The fourth-order valence-corrected chi connectivity index (χ4v) is 5.58. The fourth-order valence-electron chi connectivity index (χ4n) is 5.58. The molecular weight excluding hydrogens is 454 g/mol. The normalized spacial score (nSPS) is 26.9. The number of hydrogen-bond acceptors (Lipinski definition) is 7. The number of aliphatic hydroxyl groups excluding tert-OH is 1. The van der Waals surface area contributed by atoms with Crippen molar-refractivity contribution in [3.05, 3.63) is 41.3 Å². The van der Waals surface area contributed by atoms with Gasteiger partial charge in [0.2, 0.25) is 5.95 Å². The van der Waals surface area contributed by atoms with E-state index in [-0.39, 0.29) is 12.5 Å². The Morgan fingerprint density at radius 3 is 2.60 bits per heavy atom. The summed E-state index contributed by atoms with van der Waals surface area (Å²) in [5.41, 5.74) is 4.65. The van der Waals surface area contributed by atoms with E-state index in [1.807, 2.05) is 0 Å². The number of halogens is 2. The number of hydrogen-bond donors (Lipinski definition) is 2. The standard InChI is InChI=1S/C25H30F2N6O2/c1-14-7-17-10-28-24(31-20-11-29-33(15(20)2)23-9-25(23,26)27)30-19(17)8-18(14)16-3-5-32(6-4-16)21-12-35-13-22(21)34/h7-8,10-11,16,21-23,34H,3-6,9,12-13H2,1-2H3,(H,28,30,31)/t21-,22+,23?/m1/s1. The number of anilines is 2. The molecule has 0 radical (unpaired) electrons. The van der Waals surface area contributed by atoms with E-state index in [2.05, 4.69) is 39.4 Å². The van der Waals surface area contributed by atoms with Gasteiger partial charge in [0.25, 0.3) is 5.92 Å². The van der Waals surface area contributed by atoms with E-state index in [9.17, 15) is 13.9 Å². The molecule has 2 aromatic heterocycles. The number of nitrogens with zero attached hydrogens (tertiary/aromatic N) is 5. The maximum absolute atomic E-state index is 13.5. The summed E-state index contributed by atoms with van der Waals surface area (Å²) >= 11 is 0. The SMILES string of the molecule is Cc1cc2cnc(Nc3cnn(C4CC4(F)F)c3C)nc2cc1C1CCN([C@@H]2COC[C@@H]2O)CC1. The van der Waals surface area contributed by atoms with Crippen LogP contribution in [0.3, 0.4) is 0 Å². The summed E-state index contributed by atoms with van der Waals surface area (Å²) in [5, 5.41) is 18.4. The van der Waals surface area contributed by atoms with Crippen LogP contribution < -0.4 is 5.32 Å². The molecule has 8 nitrogen and oxygen atoms in total. The number of aliphatic hydroxyl groups is 1. The molecule has 1 aromatic carbocycles. The summed E-state index contributed by atoms with van der Waals surface area (Å²) in [6.07, 6.45) is 4.83. The first-order valence-electron chi connectivity index (χ1n) is 12.3. The molecule has 1 unspecified atom stereocenters. The van der Waals surface area contributed by atoms with Gasteiger partial charge in [0.05, 0.1) is 48.5 Å². The monoisotopic (exact) mass is 484 g/mol. The second-order valence-electron chi connectivity index (χ2n) is 10.1. The van der Waals surface area contributed by atoms with E-state index in [0.29, 0.717) is 36.5 Å². The molecule has 3 aliphatic rings. The molecule has 2 N–H and O–H groups in total. The van der Waals surface area contributed by atoms with Gasteiger partial charge in [0.15, 0.2) is 0 Å². The lowest BCUT2D eigenvalue weighted by molar-refractivity contribution is 0.0663. The highest BCUT2D eigenvalue weighted by Gasteiger charge is 2.59. The van der Waals surface area contributed by atoms with Crippen LogP contribution in [0.25, 0.3) is 10.9 Å². The van der Waals surface area contributed by atoms with E-state index in [1.54, 1.807) is 19.3 Å². The molecule has 3 fully saturated rings. The van der Waals surface area contributed by atoms with Gasteiger partial charge in [-0.1, -0.05) is 0 Å². The van der Waals surface area contributed by atoms with E-state index in [0.717, 1.165) is 36.8 Å². The molecule has 0 bridgehead atoms. The molecule has 2 aliphatic heterocycles. The van der Waals surface area contributed by atoms with Crippen molar-refractivity contribution in [1.29, 1.82) is 0 Å². The largest absolute Gasteiger partial charge is 0.389 e. The molecule has 35 heavy (non-hydrogen) atoms. The van der Waals surface area contributed by atoms with E-state index < -0.39 is 18.1 Å². The smallest absolute Gasteiger partial charge is 0.272 e. The highest BCUT2D eigenvalue weighted by Crippen LogP contribution is 2.53. The van der Waals surface area contributed by atoms with Crippen LogP contribution >= 0.6 is 0 Å². The minimum absolute atomic E-state index is 0.106. The lowest BCUT2D eigenvalue weighted by Gasteiger charge is -2.37. The summed E-state index contributed by atoms with van der Waals surface area (Å²) < 4.78 is 33.8. The van der Waals surface area contributed by atoms with Gasteiger partial charge in [-0.15, -0.1) is 0 Å². The average molecular weight is 485 g/mol. The Balaban J connectivity index is 1.19. The van der Waals surface area contributed by atoms with Crippen molar-refractivity contribution in [2.24, 2.45) is 0 Å². The zero-order chi connectivity index (χ0) is 24.3. The maximum Gasteiger partial charge on any atom is 0.272 e. The molecule has 3 aromatic rings. The molecule has 1 saturated carbocycles. The molecule has 6 rings (SSSR count). The topological polar surface area (TPSA) is 88.3 Å². The molecule has 2 saturated heterocycles. The summed E-state index contributed by atoms with van der Waals surface area (Å²) in [6, 6.07) is 3.53. The highest BCUT2D eigenvalue weighted by molar-refractivity contribution is 5.81. The van der Waals surface area contributed by atoms with Gasteiger partial charge in [-0.3, -0.25) is 9.58 Å². The van der Waals surface area contributed by atoms with Crippen molar-refractivity contribution >= 4 is 22.5 Å². The number of alkyl halides is 2. The summed E-state index contributed by atoms with van der Waals surface area (Å²) in [7, 11) is 0. The second kappa shape index (κ2) is 8.46. The molecule has 0 amide bonds. The van der Waals surface area contributed by atoms with Gasteiger partial charge < -0.3 is 15.2 Å². The number of aryl methyl sites for hydroxylation is 1. The van der Waals surface area contributed by atoms with Gasteiger partial charge >= 0.3 is 0 Å². The zero-order valence-corrected chi connectivity index (χ0v) is 19.9. The quantitative estimate of drug-likeness (QED) is 0.571. The lowest BCUT2D eigenvalue weighted by atomic mass is 9.85. The van der Waals surface area contributed by atoms with Crippen LogP contribution in [-0.4, -0.2) is 74.1 Å². The number of rotatable bonds is 5. The Hall–Kier alpha value is -2.69. The second-order valence-corrected chi connectivity index (χ2v) is 10.1. The number of likely N-dealkylation sites (tertiary alicyclic amines) is 1. The van der Waals surface area contributed by atoms with Gasteiger partial charge in [-0.2, -0.15) is 5.10 Å². The van der Waals surface area contributed by atoms with Gasteiger partial charge in [0, 0.05) is 18.0 Å². The Bertz CT molecular complexity index is 1260. The molecule has 0 spiro atoms. The van der Waals surface area contributed by atoms with Gasteiger partial charge in [-0.25, -0.2) is 18.7 Å². The van der Waals surface area contributed by atoms with Crippen LogP contribution in [0.1, 0.15) is 48.0 Å². The third-order valence-electron chi connectivity index (χ3n) is 7.81. The predicted molar refractivity (Wildman–Crippen MR) is 127 cm³/mol. The Labute approximate surface area is 202 Å². The summed E-state index contributed by atoms with van der Waals surface area (Å²) in [5.74, 6) is -1.83. The fraction of sp³-hybridized carbons (Fsp3) is 0.560. The van der Waals surface area contributed by atoms with Crippen LogP contribution in [0.5, 0.6) is 0 Å². The number of nitrogens with one attached hydrogen (secondary N) is 1. The molecule has 1 aliphatic carbocycles. The molecule has 10 heteroatoms. The lowest BCUT2D eigenvalue weighted by Crippen LogP contribution is -2.46. The minimum atomic E-state index is -2.68. The van der Waals surface area contributed by atoms with Crippen molar-refractivity contribution in [2.75, 3.05) is 31.6 Å².